The number of piperidine rings is 1. The van der Waals surface area contributed by atoms with Gasteiger partial charge < -0.3 is 10.2 Å². The van der Waals surface area contributed by atoms with Crippen LogP contribution in [0.25, 0.3) is 0 Å². The van der Waals surface area contributed by atoms with Gasteiger partial charge in [-0.25, -0.2) is 9.97 Å². The van der Waals surface area contributed by atoms with Crippen molar-refractivity contribution in [3.8, 4) is 0 Å². The number of amides is 1. The van der Waals surface area contributed by atoms with Gasteiger partial charge in [-0.15, -0.1) is 0 Å². The molecule has 1 amide bonds. The third kappa shape index (κ3) is 3.46. The summed E-state index contributed by atoms with van der Waals surface area (Å²) in [4.78, 5) is 23.1. The molecule has 5 heteroatoms. The SMILES string of the molecule is CCC1CCCCN1C(=O)c1ccnc(NC(C)C)n1. The zero-order chi connectivity index (χ0) is 14.5. The average Bonchev–Trinajstić information content (AvgIpc) is 2.46. The lowest BCUT2D eigenvalue weighted by atomic mass is 9.99. The van der Waals surface area contributed by atoms with Crippen molar-refractivity contribution in [2.45, 2.75) is 58.5 Å². The van der Waals surface area contributed by atoms with Crippen LogP contribution in [0.3, 0.4) is 0 Å². The highest BCUT2D eigenvalue weighted by Crippen LogP contribution is 2.21. The minimum atomic E-state index is 0.0331. The summed E-state index contributed by atoms with van der Waals surface area (Å²) in [7, 11) is 0. The highest BCUT2D eigenvalue weighted by molar-refractivity contribution is 5.92. The zero-order valence-corrected chi connectivity index (χ0v) is 12.6. The first kappa shape index (κ1) is 14.8. The molecule has 2 rings (SSSR count). The number of nitrogens with one attached hydrogen (secondary N) is 1. The summed E-state index contributed by atoms with van der Waals surface area (Å²) in [6.45, 7) is 7.03. The van der Waals surface area contributed by atoms with Crippen molar-refractivity contribution in [2.75, 3.05) is 11.9 Å². The Kier molecular flexibility index (Phi) is 4.93. The summed E-state index contributed by atoms with van der Waals surface area (Å²) in [6, 6.07) is 2.31. The lowest BCUT2D eigenvalue weighted by Gasteiger charge is -2.35. The second-order valence-corrected chi connectivity index (χ2v) is 5.62. The van der Waals surface area contributed by atoms with Gasteiger partial charge in [-0.05, 0) is 45.6 Å². The van der Waals surface area contributed by atoms with E-state index in [1.54, 1.807) is 12.3 Å². The predicted octanol–water partition coefficient (Wildman–Crippen LogP) is 2.70. The zero-order valence-electron chi connectivity index (χ0n) is 12.6. The van der Waals surface area contributed by atoms with Crippen LogP contribution in [-0.2, 0) is 0 Å². The van der Waals surface area contributed by atoms with E-state index in [4.69, 9.17) is 0 Å². The molecule has 1 aromatic rings. The van der Waals surface area contributed by atoms with Gasteiger partial charge in [0.15, 0.2) is 0 Å². The van der Waals surface area contributed by atoms with Crippen LogP contribution < -0.4 is 5.32 Å². The molecule has 1 aliphatic rings. The number of carbonyl (C=O) groups excluding carboxylic acids is 1. The maximum absolute atomic E-state index is 12.6. The normalized spacial score (nSPS) is 19.2. The van der Waals surface area contributed by atoms with Crippen molar-refractivity contribution in [1.29, 1.82) is 0 Å². The molecular formula is C15H24N4O. The summed E-state index contributed by atoms with van der Waals surface area (Å²) in [5.41, 5.74) is 0.489. The molecule has 0 aliphatic carbocycles. The monoisotopic (exact) mass is 276 g/mol. The molecule has 0 radical (unpaired) electrons. The Morgan fingerprint density at radius 3 is 3.00 bits per heavy atom. The number of rotatable bonds is 4. The van der Waals surface area contributed by atoms with Crippen LogP contribution in [0.1, 0.15) is 56.9 Å². The lowest BCUT2D eigenvalue weighted by Crippen LogP contribution is -2.43. The lowest BCUT2D eigenvalue weighted by molar-refractivity contribution is 0.0602. The van der Waals surface area contributed by atoms with Crippen LogP contribution in [0.2, 0.25) is 0 Å². The predicted molar refractivity (Wildman–Crippen MR) is 79.8 cm³/mol. The topological polar surface area (TPSA) is 58.1 Å². The van der Waals surface area contributed by atoms with Crippen LogP contribution in [-0.4, -0.2) is 39.4 Å². The molecule has 2 heterocycles. The summed E-state index contributed by atoms with van der Waals surface area (Å²) >= 11 is 0. The van der Waals surface area contributed by atoms with Gasteiger partial charge in [0, 0.05) is 24.8 Å². The van der Waals surface area contributed by atoms with E-state index in [9.17, 15) is 4.79 Å². The molecule has 0 spiro atoms. The van der Waals surface area contributed by atoms with Gasteiger partial charge in [0.05, 0.1) is 0 Å². The van der Waals surface area contributed by atoms with Gasteiger partial charge in [0.1, 0.15) is 5.69 Å². The van der Waals surface area contributed by atoms with E-state index in [2.05, 4.69) is 22.2 Å². The van der Waals surface area contributed by atoms with E-state index in [0.717, 1.165) is 25.8 Å². The Morgan fingerprint density at radius 2 is 2.30 bits per heavy atom. The first-order valence-corrected chi connectivity index (χ1v) is 7.52. The molecule has 110 valence electrons. The van der Waals surface area contributed by atoms with E-state index in [-0.39, 0.29) is 11.9 Å². The molecular weight excluding hydrogens is 252 g/mol. The Morgan fingerprint density at radius 1 is 1.50 bits per heavy atom. The third-order valence-corrected chi connectivity index (χ3v) is 3.65. The van der Waals surface area contributed by atoms with Crippen molar-refractivity contribution in [1.82, 2.24) is 14.9 Å². The number of carbonyl (C=O) groups is 1. The minimum Gasteiger partial charge on any atom is -0.352 e. The summed E-state index contributed by atoms with van der Waals surface area (Å²) in [6.07, 6.45) is 6.06. The smallest absolute Gasteiger partial charge is 0.272 e. The van der Waals surface area contributed by atoms with Gasteiger partial charge in [0.25, 0.3) is 5.91 Å². The first-order chi connectivity index (χ1) is 9.61. The molecule has 20 heavy (non-hydrogen) atoms. The highest BCUT2D eigenvalue weighted by Gasteiger charge is 2.27. The molecule has 1 saturated heterocycles. The largest absolute Gasteiger partial charge is 0.352 e. The molecule has 1 unspecified atom stereocenters. The molecule has 1 N–H and O–H groups in total. The Balaban J connectivity index is 2.15. The third-order valence-electron chi connectivity index (χ3n) is 3.65. The Hall–Kier alpha value is -1.65. The van der Waals surface area contributed by atoms with Crippen molar-refractivity contribution >= 4 is 11.9 Å². The van der Waals surface area contributed by atoms with E-state index in [1.165, 1.54) is 6.42 Å². The molecule has 1 atom stereocenters. The van der Waals surface area contributed by atoms with Gasteiger partial charge >= 0.3 is 0 Å². The summed E-state index contributed by atoms with van der Waals surface area (Å²) in [5, 5.41) is 3.14. The number of likely N-dealkylation sites (tertiary alicyclic amines) is 1. The summed E-state index contributed by atoms with van der Waals surface area (Å²) in [5.74, 6) is 0.557. The second-order valence-electron chi connectivity index (χ2n) is 5.62. The van der Waals surface area contributed by atoms with E-state index >= 15 is 0 Å². The Bertz CT molecular complexity index is 461. The average molecular weight is 276 g/mol. The second kappa shape index (κ2) is 6.68. The van der Waals surface area contributed by atoms with E-state index < -0.39 is 0 Å². The Labute approximate surface area is 120 Å². The summed E-state index contributed by atoms with van der Waals surface area (Å²) < 4.78 is 0. The maximum Gasteiger partial charge on any atom is 0.272 e. The number of hydrogen-bond donors (Lipinski definition) is 1. The van der Waals surface area contributed by atoms with Crippen LogP contribution in [0, 0.1) is 0 Å². The fourth-order valence-electron chi connectivity index (χ4n) is 2.65. The van der Waals surface area contributed by atoms with Crippen molar-refractivity contribution in [3.63, 3.8) is 0 Å². The van der Waals surface area contributed by atoms with Crippen molar-refractivity contribution in [3.05, 3.63) is 18.0 Å². The van der Waals surface area contributed by atoms with Crippen LogP contribution in [0.15, 0.2) is 12.3 Å². The minimum absolute atomic E-state index is 0.0331. The molecule has 1 aromatic heterocycles. The quantitative estimate of drug-likeness (QED) is 0.918. The van der Waals surface area contributed by atoms with Gasteiger partial charge in [-0.3, -0.25) is 4.79 Å². The number of anilines is 1. The van der Waals surface area contributed by atoms with Crippen molar-refractivity contribution in [2.24, 2.45) is 0 Å². The fourth-order valence-corrected chi connectivity index (χ4v) is 2.65. The van der Waals surface area contributed by atoms with Gasteiger partial charge in [0.2, 0.25) is 5.95 Å². The molecule has 5 nitrogen and oxygen atoms in total. The van der Waals surface area contributed by atoms with Crippen molar-refractivity contribution < 1.29 is 4.79 Å². The standard InChI is InChI=1S/C15H24N4O/c1-4-12-7-5-6-10-19(12)14(20)13-8-9-16-15(18-13)17-11(2)3/h8-9,11-12H,4-7,10H2,1-3H3,(H,16,17,18). The molecule has 1 fully saturated rings. The molecule has 0 bridgehead atoms. The molecule has 1 aliphatic heterocycles. The first-order valence-electron chi connectivity index (χ1n) is 7.52. The molecule has 0 aromatic carbocycles. The maximum atomic E-state index is 12.6. The van der Waals surface area contributed by atoms with Gasteiger partial charge in [-0.1, -0.05) is 6.92 Å². The number of aromatic nitrogens is 2. The molecule has 0 saturated carbocycles. The fraction of sp³-hybridized carbons (Fsp3) is 0.667. The van der Waals surface area contributed by atoms with E-state index in [1.807, 2.05) is 18.7 Å². The number of nitrogens with zero attached hydrogens (tertiary/aromatic N) is 3. The van der Waals surface area contributed by atoms with E-state index in [0.29, 0.717) is 17.7 Å². The number of hydrogen-bond acceptors (Lipinski definition) is 4. The van der Waals surface area contributed by atoms with Crippen LogP contribution in [0.4, 0.5) is 5.95 Å². The van der Waals surface area contributed by atoms with Gasteiger partial charge in [-0.2, -0.15) is 0 Å². The van der Waals surface area contributed by atoms with Crippen LogP contribution in [0.5, 0.6) is 0 Å². The van der Waals surface area contributed by atoms with Crippen LogP contribution >= 0.6 is 0 Å². The highest BCUT2D eigenvalue weighted by atomic mass is 16.2.